The minimum Gasteiger partial charge on any atom is -0.235 e. The third-order valence-corrected chi connectivity index (χ3v) is 5.44. The lowest BCUT2D eigenvalue weighted by Gasteiger charge is -2.54. The molecule has 4 fully saturated rings. The predicted octanol–water partition coefficient (Wildman–Crippen LogP) is 2.34. The quantitative estimate of drug-likeness (QED) is 0.799. The van der Waals surface area contributed by atoms with E-state index in [9.17, 15) is 0 Å². The first kappa shape index (κ1) is 10.5. The first-order valence-corrected chi connectivity index (χ1v) is 7.10. The molecule has 0 aliphatic heterocycles. The third kappa shape index (κ3) is 1.43. The zero-order valence-corrected chi connectivity index (χ0v) is 10.5. The molecule has 0 saturated heterocycles. The van der Waals surface area contributed by atoms with E-state index in [0.29, 0.717) is 12.5 Å². The van der Waals surface area contributed by atoms with Crippen LogP contribution in [0.25, 0.3) is 0 Å². The predicted molar refractivity (Wildman–Crippen MR) is 65.4 cm³/mol. The van der Waals surface area contributed by atoms with Crippen LogP contribution >= 0.6 is 0 Å². The Hall–Kier alpha value is -1.37. The van der Waals surface area contributed by atoms with Crippen molar-refractivity contribution in [3.05, 3.63) is 11.9 Å². The first-order valence-electron chi connectivity index (χ1n) is 7.10. The number of nitrogens with zero attached hydrogens (tertiary/aromatic N) is 4. The zero-order chi connectivity index (χ0) is 12.1. The van der Waals surface area contributed by atoms with Gasteiger partial charge in [0.1, 0.15) is 6.54 Å². The van der Waals surface area contributed by atoms with Gasteiger partial charge < -0.3 is 0 Å². The second kappa shape index (κ2) is 3.81. The van der Waals surface area contributed by atoms with Crippen molar-refractivity contribution in [2.75, 3.05) is 0 Å². The summed E-state index contributed by atoms with van der Waals surface area (Å²) >= 11 is 0. The van der Waals surface area contributed by atoms with Crippen molar-refractivity contribution in [2.45, 2.75) is 44.6 Å². The minimum atomic E-state index is 0.345. The Morgan fingerprint density at radius 2 is 1.83 bits per heavy atom. The Bertz CT molecular complexity index is 470. The van der Waals surface area contributed by atoms with Crippen LogP contribution in [0.15, 0.2) is 6.20 Å². The van der Waals surface area contributed by atoms with E-state index in [1.807, 2.05) is 10.9 Å². The van der Waals surface area contributed by atoms with Gasteiger partial charge in [-0.1, -0.05) is 5.21 Å². The molecule has 0 N–H and O–H groups in total. The van der Waals surface area contributed by atoms with Crippen LogP contribution in [0.1, 0.15) is 43.7 Å². The first-order chi connectivity index (χ1) is 8.85. The Morgan fingerprint density at radius 1 is 1.17 bits per heavy atom. The van der Waals surface area contributed by atoms with E-state index in [2.05, 4.69) is 16.4 Å². The van der Waals surface area contributed by atoms with Gasteiger partial charge in [0.15, 0.2) is 0 Å². The highest BCUT2D eigenvalue weighted by molar-refractivity contribution is 5.15. The van der Waals surface area contributed by atoms with E-state index in [0.717, 1.165) is 23.7 Å². The smallest absolute Gasteiger partial charge is 0.130 e. The normalized spacial score (nSPS) is 40.9. The van der Waals surface area contributed by atoms with E-state index in [4.69, 9.17) is 5.26 Å². The van der Waals surface area contributed by atoms with Crippen molar-refractivity contribution in [1.82, 2.24) is 15.0 Å². The SMILES string of the molecule is N#CCn1nncc1C1C2CC3CC(C2)CC1C3. The summed E-state index contributed by atoms with van der Waals surface area (Å²) in [5.41, 5.74) is 1.23. The van der Waals surface area contributed by atoms with Gasteiger partial charge in [-0.3, -0.25) is 0 Å². The Morgan fingerprint density at radius 3 is 2.44 bits per heavy atom. The maximum Gasteiger partial charge on any atom is 0.130 e. The van der Waals surface area contributed by atoms with Crippen LogP contribution in [0.4, 0.5) is 0 Å². The maximum absolute atomic E-state index is 8.87. The molecule has 4 heteroatoms. The van der Waals surface area contributed by atoms with Crippen LogP contribution in [-0.2, 0) is 6.54 Å². The average Bonchev–Trinajstić information content (AvgIpc) is 2.76. The summed E-state index contributed by atoms with van der Waals surface area (Å²) in [6.07, 6.45) is 8.98. The van der Waals surface area contributed by atoms with Crippen molar-refractivity contribution in [2.24, 2.45) is 23.7 Å². The van der Waals surface area contributed by atoms with Gasteiger partial charge in [0.05, 0.1) is 18.0 Å². The molecule has 18 heavy (non-hydrogen) atoms. The molecule has 4 saturated carbocycles. The summed E-state index contributed by atoms with van der Waals surface area (Å²) < 4.78 is 1.83. The highest BCUT2D eigenvalue weighted by atomic mass is 15.4. The molecule has 0 unspecified atom stereocenters. The molecule has 0 radical (unpaired) electrons. The number of aromatic nitrogens is 3. The molecule has 4 bridgehead atoms. The maximum atomic E-state index is 8.87. The highest BCUT2D eigenvalue weighted by Crippen LogP contribution is 2.59. The summed E-state index contributed by atoms with van der Waals surface area (Å²) in [7, 11) is 0. The number of hydrogen-bond donors (Lipinski definition) is 0. The van der Waals surface area contributed by atoms with E-state index in [1.54, 1.807) is 0 Å². The molecule has 4 aliphatic carbocycles. The Kier molecular flexibility index (Phi) is 2.23. The lowest BCUT2D eigenvalue weighted by molar-refractivity contribution is -0.00547. The van der Waals surface area contributed by atoms with Crippen molar-refractivity contribution >= 4 is 0 Å². The average molecular weight is 242 g/mol. The van der Waals surface area contributed by atoms with E-state index < -0.39 is 0 Å². The van der Waals surface area contributed by atoms with E-state index in [1.165, 1.54) is 37.8 Å². The molecule has 0 amide bonds. The molecule has 5 rings (SSSR count). The van der Waals surface area contributed by atoms with Crippen LogP contribution in [0.3, 0.4) is 0 Å². The van der Waals surface area contributed by atoms with E-state index >= 15 is 0 Å². The monoisotopic (exact) mass is 242 g/mol. The van der Waals surface area contributed by atoms with Crippen LogP contribution in [0, 0.1) is 35.0 Å². The number of nitriles is 1. The highest BCUT2D eigenvalue weighted by Gasteiger charge is 2.49. The van der Waals surface area contributed by atoms with Crippen molar-refractivity contribution in [3.8, 4) is 6.07 Å². The van der Waals surface area contributed by atoms with Crippen LogP contribution in [0.5, 0.6) is 0 Å². The second-order valence-corrected chi connectivity index (χ2v) is 6.43. The minimum absolute atomic E-state index is 0.345. The Balaban J connectivity index is 1.68. The largest absolute Gasteiger partial charge is 0.235 e. The molecule has 0 aromatic carbocycles. The molecule has 94 valence electrons. The van der Waals surface area contributed by atoms with E-state index in [-0.39, 0.29) is 0 Å². The van der Waals surface area contributed by atoms with Gasteiger partial charge in [0.25, 0.3) is 0 Å². The van der Waals surface area contributed by atoms with Gasteiger partial charge >= 0.3 is 0 Å². The number of hydrogen-bond acceptors (Lipinski definition) is 3. The molecule has 1 aromatic rings. The van der Waals surface area contributed by atoms with Gasteiger partial charge in [-0.15, -0.1) is 5.10 Å². The van der Waals surface area contributed by atoms with Gasteiger partial charge in [-0.25, -0.2) is 4.68 Å². The molecule has 0 spiro atoms. The standard InChI is InChI=1S/C14H18N4/c15-1-2-18-13(8-16-17-18)14-11-4-9-3-10(6-11)7-12(14)5-9/h8-12,14H,2-7H2. The summed E-state index contributed by atoms with van der Waals surface area (Å²) in [5.74, 6) is 4.27. The topological polar surface area (TPSA) is 54.5 Å². The summed E-state index contributed by atoms with van der Waals surface area (Å²) in [5, 5.41) is 17.0. The van der Waals surface area contributed by atoms with Crippen molar-refractivity contribution in [1.29, 1.82) is 5.26 Å². The molecule has 0 atom stereocenters. The molecule has 4 aliphatic rings. The Labute approximate surface area is 107 Å². The molecular weight excluding hydrogens is 224 g/mol. The van der Waals surface area contributed by atoms with Crippen molar-refractivity contribution < 1.29 is 0 Å². The molecule has 1 heterocycles. The van der Waals surface area contributed by atoms with Crippen LogP contribution < -0.4 is 0 Å². The van der Waals surface area contributed by atoms with Gasteiger partial charge in [0.2, 0.25) is 0 Å². The van der Waals surface area contributed by atoms with Crippen LogP contribution in [-0.4, -0.2) is 15.0 Å². The fraction of sp³-hybridized carbons (Fsp3) is 0.786. The fourth-order valence-corrected chi connectivity index (χ4v) is 5.12. The second-order valence-electron chi connectivity index (χ2n) is 6.43. The van der Waals surface area contributed by atoms with Gasteiger partial charge in [0, 0.05) is 5.92 Å². The number of rotatable bonds is 2. The molecular formula is C14H18N4. The summed E-state index contributed by atoms with van der Waals surface area (Å²) in [6.45, 7) is 0.345. The molecule has 4 nitrogen and oxygen atoms in total. The fourth-order valence-electron chi connectivity index (χ4n) is 5.12. The lowest BCUT2D eigenvalue weighted by atomic mass is 9.51. The van der Waals surface area contributed by atoms with Gasteiger partial charge in [-0.05, 0) is 55.8 Å². The van der Waals surface area contributed by atoms with Gasteiger partial charge in [-0.2, -0.15) is 5.26 Å². The summed E-state index contributed by atoms with van der Waals surface area (Å²) in [4.78, 5) is 0. The molecule has 1 aromatic heterocycles. The summed E-state index contributed by atoms with van der Waals surface area (Å²) in [6, 6.07) is 2.19. The third-order valence-electron chi connectivity index (χ3n) is 5.44. The van der Waals surface area contributed by atoms with Crippen LogP contribution in [0.2, 0.25) is 0 Å². The lowest BCUT2D eigenvalue weighted by Crippen LogP contribution is -2.44. The zero-order valence-electron chi connectivity index (χ0n) is 10.5. The van der Waals surface area contributed by atoms with Crippen molar-refractivity contribution in [3.63, 3.8) is 0 Å².